The molecule has 3 nitrogen and oxygen atoms in total. The van der Waals surface area contributed by atoms with Crippen molar-refractivity contribution in [2.75, 3.05) is 18.8 Å². The summed E-state index contributed by atoms with van der Waals surface area (Å²) in [6.07, 6.45) is 3.65. The smallest absolute Gasteiger partial charge is 0.165 e. The second-order valence-corrected chi connectivity index (χ2v) is 4.13. The standard InChI is InChI=1S/C9H17N3S/c1-3-10-6-8(2)7-13-9-11-4-5-12-9/h4-5,8,10H,3,6-7H2,1-2H3,(H,11,12). The molecule has 1 aromatic rings. The van der Waals surface area contributed by atoms with Gasteiger partial charge in [0.15, 0.2) is 5.16 Å². The Kier molecular flexibility index (Phi) is 4.93. The van der Waals surface area contributed by atoms with E-state index in [1.165, 1.54) is 0 Å². The van der Waals surface area contributed by atoms with Crippen LogP contribution in [0.4, 0.5) is 0 Å². The molecule has 0 saturated heterocycles. The fourth-order valence-electron chi connectivity index (χ4n) is 1.00. The van der Waals surface area contributed by atoms with Gasteiger partial charge in [-0.1, -0.05) is 25.6 Å². The van der Waals surface area contributed by atoms with Crippen LogP contribution >= 0.6 is 11.8 Å². The van der Waals surface area contributed by atoms with Crippen molar-refractivity contribution in [2.24, 2.45) is 5.92 Å². The van der Waals surface area contributed by atoms with Crippen LogP contribution in [0.15, 0.2) is 17.6 Å². The van der Waals surface area contributed by atoms with Crippen molar-refractivity contribution >= 4 is 11.8 Å². The summed E-state index contributed by atoms with van der Waals surface area (Å²) >= 11 is 1.78. The van der Waals surface area contributed by atoms with E-state index in [1.807, 2.05) is 6.20 Å². The normalized spacial score (nSPS) is 13.1. The first-order valence-electron chi connectivity index (χ1n) is 4.65. The summed E-state index contributed by atoms with van der Waals surface area (Å²) in [6.45, 7) is 6.52. The fourth-order valence-corrected chi connectivity index (χ4v) is 1.85. The number of rotatable bonds is 6. The number of hydrogen-bond acceptors (Lipinski definition) is 3. The molecule has 0 radical (unpaired) electrons. The van der Waals surface area contributed by atoms with Gasteiger partial charge in [0.05, 0.1) is 0 Å². The van der Waals surface area contributed by atoms with Gasteiger partial charge in [-0.15, -0.1) is 0 Å². The molecule has 1 atom stereocenters. The van der Waals surface area contributed by atoms with Gasteiger partial charge >= 0.3 is 0 Å². The number of hydrogen-bond donors (Lipinski definition) is 2. The predicted molar refractivity (Wildman–Crippen MR) is 57.0 cm³/mol. The minimum atomic E-state index is 0.690. The Morgan fingerprint density at radius 1 is 1.69 bits per heavy atom. The van der Waals surface area contributed by atoms with Gasteiger partial charge in [-0.2, -0.15) is 0 Å². The zero-order valence-corrected chi connectivity index (χ0v) is 9.03. The zero-order chi connectivity index (χ0) is 9.52. The quantitative estimate of drug-likeness (QED) is 0.686. The summed E-state index contributed by atoms with van der Waals surface area (Å²) in [6, 6.07) is 0. The van der Waals surface area contributed by atoms with Crippen LogP contribution in [0.5, 0.6) is 0 Å². The van der Waals surface area contributed by atoms with Crippen molar-refractivity contribution in [1.29, 1.82) is 0 Å². The molecule has 1 aromatic heterocycles. The maximum Gasteiger partial charge on any atom is 0.165 e. The average Bonchev–Trinajstić information content (AvgIpc) is 2.64. The van der Waals surface area contributed by atoms with Crippen molar-refractivity contribution in [3.63, 3.8) is 0 Å². The molecule has 0 aromatic carbocycles. The summed E-state index contributed by atoms with van der Waals surface area (Å²) in [5, 5.41) is 4.35. The Bertz CT molecular complexity index is 211. The molecule has 0 spiro atoms. The molecule has 0 amide bonds. The Balaban J connectivity index is 2.11. The van der Waals surface area contributed by atoms with E-state index in [0.717, 1.165) is 24.0 Å². The van der Waals surface area contributed by atoms with Gasteiger partial charge in [-0.25, -0.2) is 4.98 Å². The molecule has 1 rings (SSSR count). The van der Waals surface area contributed by atoms with Gasteiger partial charge in [0.1, 0.15) is 0 Å². The second-order valence-electron chi connectivity index (χ2n) is 3.12. The van der Waals surface area contributed by atoms with Crippen molar-refractivity contribution in [3.8, 4) is 0 Å². The highest BCUT2D eigenvalue weighted by Crippen LogP contribution is 2.15. The van der Waals surface area contributed by atoms with E-state index in [4.69, 9.17) is 0 Å². The van der Waals surface area contributed by atoms with E-state index in [-0.39, 0.29) is 0 Å². The van der Waals surface area contributed by atoms with Crippen LogP contribution in [0.3, 0.4) is 0 Å². The summed E-state index contributed by atoms with van der Waals surface area (Å²) in [7, 11) is 0. The minimum Gasteiger partial charge on any atom is -0.340 e. The third kappa shape index (κ3) is 4.33. The average molecular weight is 199 g/mol. The maximum absolute atomic E-state index is 4.16. The Morgan fingerprint density at radius 3 is 3.15 bits per heavy atom. The highest BCUT2D eigenvalue weighted by atomic mass is 32.2. The summed E-state index contributed by atoms with van der Waals surface area (Å²) in [5.74, 6) is 1.80. The molecule has 13 heavy (non-hydrogen) atoms. The van der Waals surface area contributed by atoms with Gasteiger partial charge in [0.25, 0.3) is 0 Å². The molecule has 2 N–H and O–H groups in total. The lowest BCUT2D eigenvalue weighted by Gasteiger charge is -2.09. The molecule has 74 valence electrons. The van der Waals surface area contributed by atoms with Crippen LogP contribution in [0.25, 0.3) is 0 Å². The van der Waals surface area contributed by atoms with Crippen LogP contribution < -0.4 is 5.32 Å². The number of aromatic amines is 1. The van der Waals surface area contributed by atoms with E-state index in [1.54, 1.807) is 18.0 Å². The molecular weight excluding hydrogens is 182 g/mol. The monoisotopic (exact) mass is 199 g/mol. The first-order valence-corrected chi connectivity index (χ1v) is 5.64. The summed E-state index contributed by atoms with van der Waals surface area (Å²) in [5.41, 5.74) is 0. The van der Waals surface area contributed by atoms with Gasteiger partial charge in [-0.3, -0.25) is 0 Å². The number of thioether (sulfide) groups is 1. The van der Waals surface area contributed by atoms with Gasteiger partial charge in [0.2, 0.25) is 0 Å². The van der Waals surface area contributed by atoms with Crippen LogP contribution in [0, 0.1) is 5.92 Å². The Hall–Kier alpha value is -0.480. The number of nitrogens with one attached hydrogen (secondary N) is 2. The molecule has 0 bridgehead atoms. The SMILES string of the molecule is CCNCC(C)CSc1ncc[nH]1. The third-order valence-corrected chi connectivity index (χ3v) is 2.95. The topological polar surface area (TPSA) is 40.7 Å². The van der Waals surface area contributed by atoms with Crippen LogP contribution in [-0.2, 0) is 0 Å². The predicted octanol–water partition coefficient (Wildman–Crippen LogP) is 1.75. The van der Waals surface area contributed by atoms with Crippen molar-refractivity contribution in [2.45, 2.75) is 19.0 Å². The lowest BCUT2D eigenvalue weighted by atomic mass is 10.2. The molecular formula is C9H17N3S. The fraction of sp³-hybridized carbons (Fsp3) is 0.667. The van der Waals surface area contributed by atoms with Gasteiger partial charge < -0.3 is 10.3 Å². The van der Waals surface area contributed by atoms with Crippen LogP contribution in [-0.4, -0.2) is 28.8 Å². The number of H-pyrrole nitrogens is 1. The lowest BCUT2D eigenvalue weighted by Crippen LogP contribution is -2.21. The molecule has 0 fully saturated rings. The van der Waals surface area contributed by atoms with E-state index in [2.05, 4.69) is 29.1 Å². The van der Waals surface area contributed by atoms with Crippen molar-refractivity contribution < 1.29 is 0 Å². The Labute approximate surface area is 83.7 Å². The highest BCUT2D eigenvalue weighted by molar-refractivity contribution is 7.99. The first-order chi connectivity index (χ1) is 6.33. The lowest BCUT2D eigenvalue weighted by molar-refractivity contribution is 0.573. The molecule has 0 aliphatic heterocycles. The van der Waals surface area contributed by atoms with Crippen LogP contribution in [0.1, 0.15) is 13.8 Å². The third-order valence-electron chi connectivity index (χ3n) is 1.72. The molecule has 0 aliphatic carbocycles. The number of aromatic nitrogens is 2. The highest BCUT2D eigenvalue weighted by Gasteiger charge is 2.02. The largest absolute Gasteiger partial charge is 0.340 e. The second kappa shape index (κ2) is 6.05. The zero-order valence-electron chi connectivity index (χ0n) is 8.21. The minimum absolute atomic E-state index is 0.690. The molecule has 1 unspecified atom stereocenters. The van der Waals surface area contributed by atoms with Gasteiger partial charge in [0, 0.05) is 18.1 Å². The summed E-state index contributed by atoms with van der Waals surface area (Å²) < 4.78 is 0. The van der Waals surface area contributed by atoms with Gasteiger partial charge in [-0.05, 0) is 19.0 Å². The molecule has 0 aliphatic rings. The number of nitrogens with zero attached hydrogens (tertiary/aromatic N) is 1. The molecule has 0 saturated carbocycles. The first kappa shape index (κ1) is 10.6. The van der Waals surface area contributed by atoms with Crippen molar-refractivity contribution in [3.05, 3.63) is 12.4 Å². The van der Waals surface area contributed by atoms with Crippen molar-refractivity contribution in [1.82, 2.24) is 15.3 Å². The summed E-state index contributed by atoms with van der Waals surface area (Å²) in [4.78, 5) is 7.24. The van der Waals surface area contributed by atoms with E-state index >= 15 is 0 Å². The van der Waals surface area contributed by atoms with Crippen LogP contribution in [0.2, 0.25) is 0 Å². The maximum atomic E-state index is 4.16. The molecule has 4 heteroatoms. The Morgan fingerprint density at radius 2 is 2.54 bits per heavy atom. The van der Waals surface area contributed by atoms with E-state index in [0.29, 0.717) is 5.92 Å². The van der Waals surface area contributed by atoms with E-state index < -0.39 is 0 Å². The number of imidazole rings is 1. The molecule has 1 heterocycles. The van der Waals surface area contributed by atoms with E-state index in [9.17, 15) is 0 Å².